The number of hydrogen-bond donors (Lipinski definition) is 2. The van der Waals surface area contributed by atoms with Gasteiger partial charge in [-0.3, -0.25) is 4.79 Å². The van der Waals surface area contributed by atoms with E-state index in [1.54, 1.807) is 12.5 Å². The van der Waals surface area contributed by atoms with E-state index in [0.29, 0.717) is 6.42 Å². The summed E-state index contributed by atoms with van der Waals surface area (Å²) < 4.78 is 0. The highest BCUT2D eigenvalue weighted by molar-refractivity contribution is 5.92. The van der Waals surface area contributed by atoms with Gasteiger partial charge in [-0.2, -0.15) is 0 Å². The van der Waals surface area contributed by atoms with E-state index in [-0.39, 0.29) is 5.91 Å². The van der Waals surface area contributed by atoms with Gasteiger partial charge in [-0.15, -0.1) is 0 Å². The Hall–Kier alpha value is -2.88. The number of aromatic amines is 1. The van der Waals surface area contributed by atoms with Crippen LogP contribution in [-0.4, -0.2) is 15.9 Å². The standard InChI is InChI=1S/C18H17N3O/c1-13-5-7-14(8-6-13)9-18(22)21-16-4-2-3-15(10-16)17-11-19-12-20-17/h2-8,10-12H,9H2,1H3,(H,19,20)(H,21,22). The highest BCUT2D eigenvalue weighted by atomic mass is 16.1. The monoisotopic (exact) mass is 291 g/mol. The Morgan fingerprint density at radius 1 is 1.18 bits per heavy atom. The molecule has 1 amide bonds. The highest BCUT2D eigenvalue weighted by Gasteiger charge is 2.06. The van der Waals surface area contributed by atoms with E-state index in [9.17, 15) is 4.79 Å². The fourth-order valence-corrected chi connectivity index (χ4v) is 2.27. The molecule has 0 unspecified atom stereocenters. The van der Waals surface area contributed by atoms with Crippen LogP contribution in [0.25, 0.3) is 11.3 Å². The molecule has 0 atom stereocenters. The first-order valence-corrected chi connectivity index (χ1v) is 7.15. The Morgan fingerprint density at radius 2 is 2.00 bits per heavy atom. The molecular formula is C18H17N3O. The number of aromatic nitrogens is 2. The number of benzene rings is 2. The summed E-state index contributed by atoms with van der Waals surface area (Å²) in [6, 6.07) is 15.7. The minimum atomic E-state index is -0.0226. The third-order valence-corrected chi connectivity index (χ3v) is 3.44. The molecule has 0 spiro atoms. The molecule has 0 saturated carbocycles. The molecule has 3 rings (SSSR count). The quantitative estimate of drug-likeness (QED) is 0.772. The molecule has 3 aromatic rings. The summed E-state index contributed by atoms with van der Waals surface area (Å²) in [5.41, 5.74) is 4.90. The molecule has 110 valence electrons. The van der Waals surface area contributed by atoms with Crippen LogP contribution in [0.4, 0.5) is 5.69 Å². The molecule has 4 nitrogen and oxygen atoms in total. The normalized spacial score (nSPS) is 10.4. The van der Waals surface area contributed by atoms with Gasteiger partial charge >= 0.3 is 0 Å². The second-order valence-electron chi connectivity index (χ2n) is 5.26. The van der Waals surface area contributed by atoms with Crippen molar-refractivity contribution in [1.29, 1.82) is 0 Å². The van der Waals surface area contributed by atoms with E-state index < -0.39 is 0 Å². The molecule has 0 fully saturated rings. The van der Waals surface area contributed by atoms with Crippen molar-refractivity contribution < 1.29 is 4.79 Å². The lowest BCUT2D eigenvalue weighted by molar-refractivity contribution is -0.115. The molecule has 0 saturated heterocycles. The van der Waals surface area contributed by atoms with Crippen LogP contribution >= 0.6 is 0 Å². The molecule has 2 aromatic carbocycles. The van der Waals surface area contributed by atoms with Crippen molar-refractivity contribution >= 4 is 11.6 Å². The molecule has 2 N–H and O–H groups in total. The van der Waals surface area contributed by atoms with Crippen LogP contribution in [-0.2, 0) is 11.2 Å². The Balaban J connectivity index is 1.69. The Morgan fingerprint density at radius 3 is 2.73 bits per heavy atom. The average Bonchev–Trinajstić information content (AvgIpc) is 3.04. The Kier molecular flexibility index (Phi) is 4.01. The summed E-state index contributed by atoms with van der Waals surface area (Å²) in [6.07, 6.45) is 3.76. The number of nitrogens with one attached hydrogen (secondary N) is 2. The average molecular weight is 291 g/mol. The van der Waals surface area contributed by atoms with Crippen LogP contribution in [0.5, 0.6) is 0 Å². The molecule has 1 aromatic heterocycles. The minimum Gasteiger partial charge on any atom is -0.345 e. The zero-order valence-electron chi connectivity index (χ0n) is 12.3. The van der Waals surface area contributed by atoms with E-state index in [4.69, 9.17) is 0 Å². The predicted octanol–water partition coefficient (Wildman–Crippen LogP) is 3.57. The van der Waals surface area contributed by atoms with Gasteiger partial charge in [-0.25, -0.2) is 4.98 Å². The fraction of sp³-hybridized carbons (Fsp3) is 0.111. The van der Waals surface area contributed by atoms with Gasteiger partial charge in [0.25, 0.3) is 0 Å². The summed E-state index contributed by atoms with van der Waals surface area (Å²) in [6.45, 7) is 2.03. The van der Waals surface area contributed by atoms with Gasteiger partial charge in [0.15, 0.2) is 0 Å². The summed E-state index contributed by atoms with van der Waals surface area (Å²) in [4.78, 5) is 19.2. The van der Waals surface area contributed by atoms with Crippen molar-refractivity contribution in [3.8, 4) is 11.3 Å². The van der Waals surface area contributed by atoms with Crippen molar-refractivity contribution in [2.75, 3.05) is 5.32 Å². The van der Waals surface area contributed by atoms with Gasteiger partial charge in [-0.1, -0.05) is 42.0 Å². The maximum atomic E-state index is 12.1. The smallest absolute Gasteiger partial charge is 0.228 e. The maximum absolute atomic E-state index is 12.1. The number of carbonyl (C=O) groups is 1. The summed E-state index contributed by atoms with van der Waals surface area (Å²) >= 11 is 0. The summed E-state index contributed by atoms with van der Waals surface area (Å²) in [7, 11) is 0. The van der Waals surface area contributed by atoms with Crippen LogP contribution in [0.1, 0.15) is 11.1 Å². The van der Waals surface area contributed by atoms with Gasteiger partial charge < -0.3 is 10.3 Å². The first kappa shape index (κ1) is 14.1. The van der Waals surface area contributed by atoms with Gasteiger partial charge in [-0.05, 0) is 24.6 Å². The van der Waals surface area contributed by atoms with Crippen LogP contribution in [0.3, 0.4) is 0 Å². The van der Waals surface area contributed by atoms with Crippen molar-refractivity contribution in [2.45, 2.75) is 13.3 Å². The second kappa shape index (κ2) is 6.26. The highest BCUT2D eigenvalue weighted by Crippen LogP contribution is 2.20. The number of H-pyrrole nitrogens is 1. The Labute approximate surface area is 129 Å². The number of aryl methyl sites for hydroxylation is 1. The number of carbonyl (C=O) groups excluding carboxylic acids is 1. The number of nitrogens with zero attached hydrogens (tertiary/aromatic N) is 1. The summed E-state index contributed by atoms with van der Waals surface area (Å²) in [5.74, 6) is -0.0226. The van der Waals surface area contributed by atoms with E-state index in [1.807, 2.05) is 55.5 Å². The maximum Gasteiger partial charge on any atom is 0.228 e. The van der Waals surface area contributed by atoms with E-state index in [1.165, 1.54) is 5.56 Å². The number of imidazole rings is 1. The van der Waals surface area contributed by atoms with Crippen LogP contribution in [0.2, 0.25) is 0 Å². The first-order chi connectivity index (χ1) is 10.7. The molecule has 0 bridgehead atoms. The van der Waals surface area contributed by atoms with Gasteiger partial charge in [0.05, 0.1) is 24.6 Å². The summed E-state index contributed by atoms with van der Waals surface area (Å²) in [5, 5.41) is 2.93. The minimum absolute atomic E-state index is 0.0226. The van der Waals surface area contributed by atoms with E-state index in [2.05, 4.69) is 15.3 Å². The fourth-order valence-electron chi connectivity index (χ4n) is 2.27. The molecular weight excluding hydrogens is 274 g/mol. The van der Waals surface area contributed by atoms with Crippen molar-refractivity contribution in [1.82, 2.24) is 9.97 Å². The van der Waals surface area contributed by atoms with Gasteiger partial charge in [0.2, 0.25) is 5.91 Å². The van der Waals surface area contributed by atoms with Gasteiger partial charge in [0, 0.05) is 11.3 Å². The number of anilines is 1. The Bertz CT molecular complexity index is 761. The van der Waals surface area contributed by atoms with E-state index >= 15 is 0 Å². The zero-order chi connectivity index (χ0) is 15.4. The molecule has 22 heavy (non-hydrogen) atoms. The van der Waals surface area contributed by atoms with Crippen LogP contribution in [0.15, 0.2) is 61.1 Å². The third-order valence-electron chi connectivity index (χ3n) is 3.44. The predicted molar refractivity (Wildman–Crippen MR) is 87.5 cm³/mol. The van der Waals surface area contributed by atoms with Crippen LogP contribution < -0.4 is 5.32 Å². The molecule has 0 aliphatic rings. The molecule has 0 aliphatic heterocycles. The molecule has 1 heterocycles. The van der Waals surface area contributed by atoms with Crippen molar-refractivity contribution in [3.63, 3.8) is 0 Å². The molecule has 0 radical (unpaired) electrons. The zero-order valence-corrected chi connectivity index (χ0v) is 12.3. The molecule has 4 heteroatoms. The first-order valence-electron chi connectivity index (χ1n) is 7.15. The lowest BCUT2D eigenvalue weighted by atomic mass is 10.1. The number of rotatable bonds is 4. The van der Waals surface area contributed by atoms with Crippen LogP contribution in [0, 0.1) is 6.92 Å². The number of hydrogen-bond acceptors (Lipinski definition) is 2. The second-order valence-corrected chi connectivity index (χ2v) is 5.26. The van der Waals surface area contributed by atoms with E-state index in [0.717, 1.165) is 22.5 Å². The lowest BCUT2D eigenvalue weighted by Crippen LogP contribution is -2.14. The van der Waals surface area contributed by atoms with Gasteiger partial charge in [0.1, 0.15) is 0 Å². The lowest BCUT2D eigenvalue weighted by Gasteiger charge is -2.07. The van der Waals surface area contributed by atoms with Crippen molar-refractivity contribution in [3.05, 3.63) is 72.2 Å². The largest absolute Gasteiger partial charge is 0.345 e. The van der Waals surface area contributed by atoms with Crippen molar-refractivity contribution in [2.24, 2.45) is 0 Å². The number of amides is 1. The SMILES string of the molecule is Cc1ccc(CC(=O)Nc2cccc(-c3cnc[nH]3)c2)cc1. The third kappa shape index (κ3) is 3.41. The molecule has 0 aliphatic carbocycles. The topological polar surface area (TPSA) is 57.8 Å².